The third kappa shape index (κ3) is 7.86. The molecular weight excluding hydrogens is 645 g/mol. The van der Waals surface area contributed by atoms with Crippen molar-refractivity contribution < 1.29 is 22.7 Å². The van der Waals surface area contributed by atoms with Crippen molar-refractivity contribution in [2.45, 2.75) is 42.8 Å². The van der Waals surface area contributed by atoms with Gasteiger partial charge in [0.2, 0.25) is 15.9 Å². The second kappa shape index (κ2) is 14.7. The van der Waals surface area contributed by atoms with Gasteiger partial charge in [-0.1, -0.05) is 41.4 Å². The molecule has 1 N–H and O–H groups in total. The Morgan fingerprint density at radius 1 is 0.932 bits per heavy atom. The third-order valence-corrected chi connectivity index (χ3v) is 10.2. The first kappa shape index (κ1) is 32.1. The maximum Gasteiger partial charge on any atom is 0.243 e. The molecule has 1 aliphatic rings. The van der Waals surface area contributed by atoms with E-state index in [0.717, 1.165) is 42.5 Å². The zero-order valence-electron chi connectivity index (χ0n) is 23.9. The lowest BCUT2D eigenvalue weighted by atomic mass is 10.2. The molecule has 0 spiro atoms. The lowest BCUT2D eigenvalue weighted by Gasteiger charge is -2.26. The zero-order chi connectivity index (χ0) is 31.1. The molecule has 232 valence electrons. The largest absolute Gasteiger partial charge is 0.494 e. The molecule has 1 saturated heterocycles. The molecular formula is C30H31Cl2N5O5S2. The first-order valence-corrected chi connectivity index (χ1v) is 17.2. The number of ether oxygens (including phenoxy) is 2. The summed E-state index contributed by atoms with van der Waals surface area (Å²) in [7, 11) is -3.69. The van der Waals surface area contributed by atoms with E-state index >= 15 is 0 Å². The van der Waals surface area contributed by atoms with Gasteiger partial charge in [-0.2, -0.15) is 4.31 Å². The molecule has 0 saturated carbocycles. The van der Waals surface area contributed by atoms with Crippen LogP contribution in [0.1, 0.15) is 32.0 Å². The zero-order valence-corrected chi connectivity index (χ0v) is 27.1. The standard InChI is InChI=1S/C30H31Cl2N5O5S2/c1-2-41-23-10-12-24(13-11-23)42-19-28-34-35-30(37(28)22-8-6-21(31)7-9-22)43-20-29(38)33-27-18-25(14-15-26(27)32)44(39,40)36-16-4-3-5-17-36/h6-15,18H,2-5,16-17,19-20H2,1H3,(H,33,38). The van der Waals surface area contributed by atoms with Crippen LogP contribution in [-0.2, 0) is 21.4 Å². The molecule has 1 aromatic heterocycles. The fourth-order valence-corrected chi connectivity index (χ4v) is 7.22. The average molecular weight is 677 g/mol. The molecule has 1 aliphatic heterocycles. The normalized spacial score (nSPS) is 13.9. The number of carbonyl (C=O) groups excluding carboxylic acids is 1. The Morgan fingerprint density at radius 2 is 1.61 bits per heavy atom. The molecule has 5 rings (SSSR count). The highest BCUT2D eigenvalue weighted by atomic mass is 35.5. The number of anilines is 1. The van der Waals surface area contributed by atoms with E-state index < -0.39 is 10.0 Å². The Bertz CT molecular complexity index is 1690. The minimum Gasteiger partial charge on any atom is -0.494 e. The number of piperidine rings is 1. The van der Waals surface area contributed by atoms with Crippen LogP contribution in [0, 0.1) is 0 Å². The van der Waals surface area contributed by atoms with Crippen LogP contribution < -0.4 is 14.8 Å². The van der Waals surface area contributed by atoms with Crippen molar-refractivity contribution in [3.8, 4) is 17.2 Å². The van der Waals surface area contributed by atoms with Gasteiger partial charge in [0.15, 0.2) is 11.0 Å². The fraction of sp³-hybridized carbons (Fsp3) is 0.300. The van der Waals surface area contributed by atoms with Gasteiger partial charge in [-0.15, -0.1) is 10.2 Å². The van der Waals surface area contributed by atoms with E-state index in [1.807, 2.05) is 43.3 Å². The summed E-state index contributed by atoms with van der Waals surface area (Å²) in [5, 5.41) is 12.6. The first-order chi connectivity index (χ1) is 21.2. The molecule has 0 atom stereocenters. The van der Waals surface area contributed by atoms with Crippen LogP contribution in [0.2, 0.25) is 10.0 Å². The lowest BCUT2D eigenvalue weighted by Crippen LogP contribution is -2.35. The van der Waals surface area contributed by atoms with E-state index in [1.54, 1.807) is 16.7 Å². The van der Waals surface area contributed by atoms with Crippen molar-refractivity contribution in [1.29, 1.82) is 0 Å². The summed E-state index contributed by atoms with van der Waals surface area (Å²) >= 11 is 13.6. The SMILES string of the molecule is CCOc1ccc(OCc2nnc(SCC(=O)Nc3cc(S(=O)(=O)N4CCCCC4)ccc3Cl)n2-c2ccc(Cl)cc2)cc1. The maximum absolute atomic E-state index is 13.2. The van der Waals surface area contributed by atoms with E-state index in [2.05, 4.69) is 15.5 Å². The summed E-state index contributed by atoms with van der Waals surface area (Å²) in [6.07, 6.45) is 2.65. The molecule has 0 aliphatic carbocycles. The van der Waals surface area contributed by atoms with Crippen LogP contribution in [0.15, 0.2) is 76.8 Å². The van der Waals surface area contributed by atoms with Gasteiger partial charge in [0.25, 0.3) is 0 Å². The molecule has 3 aromatic carbocycles. The summed E-state index contributed by atoms with van der Waals surface area (Å²) in [4.78, 5) is 13.1. The molecule has 0 radical (unpaired) electrons. The smallest absolute Gasteiger partial charge is 0.243 e. The number of halogens is 2. The predicted molar refractivity (Wildman–Crippen MR) is 172 cm³/mol. The highest BCUT2D eigenvalue weighted by Crippen LogP contribution is 2.30. The Hall–Kier alpha value is -3.29. The molecule has 0 bridgehead atoms. The molecule has 1 fully saturated rings. The summed E-state index contributed by atoms with van der Waals surface area (Å²) < 4.78 is 41.0. The van der Waals surface area contributed by atoms with Gasteiger partial charge in [0, 0.05) is 23.8 Å². The Balaban J connectivity index is 1.29. The Kier molecular flexibility index (Phi) is 10.7. The van der Waals surface area contributed by atoms with Crippen LogP contribution in [0.5, 0.6) is 11.5 Å². The van der Waals surface area contributed by atoms with Gasteiger partial charge in [-0.25, -0.2) is 8.42 Å². The van der Waals surface area contributed by atoms with Crippen molar-refractivity contribution >= 4 is 56.6 Å². The van der Waals surface area contributed by atoms with Crippen molar-refractivity contribution in [1.82, 2.24) is 19.1 Å². The van der Waals surface area contributed by atoms with Crippen LogP contribution >= 0.6 is 35.0 Å². The van der Waals surface area contributed by atoms with E-state index in [0.29, 0.717) is 41.4 Å². The van der Waals surface area contributed by atoms with E-state index in [4.69, 9.17) is 32.7 Å². The van der Waals surface area contributed by atoms with Crippen molar-refractivity contribution in [3.05, 3.63) is 82.6 Å². The number of amides is 1. The number of hydrogen-bond donors (Lipinski definition) is 1. The van der Waals surface area contributed by atoms with Gasteiger partial charge < -0.3 is 14.8 Å². The second-order valence-electron chi connectivity index (χ2n) is 9.85. The molecule has 44 heavy (non-hydrogen) atoms. The van der Waals surface area contributed by atoms with Crippen molar-refractivity contribution in [2.24, 2.45) is 0 Å². The maximum atomic E-state index is 13.2. The van der Waals surface area contributed by atoms with Gasteiger partial charge >= 0.3 is 0 Å². The van der Waals surface area contributed by atoms with Crippen LogP contribution in [0.25, 0.3) is 5.69 Å². The number of hydrogen-bond acceptors (Lipinski definition) is 8. The van der Waals surface area contributed by atoms with Gasteiger partial charge in [-0.05, 0) is 86.5 Å². The monoisotopic (exact) mass is 675 g/mol. The minimum absolute atomic E-state index is 0.0368. The molecule has 10 nitrogen and oxygen atoms in total. The van der Waals surface area contributed by atoms with Gasteiger partial charge in [-0.3, -0.25) is 9.36 Å². The molecule has 2 heterocycles. The highest BCUT2D eigenvalue weighted by Gasteiger charge is 2.27. The van der Waals surface area contributed by atoms with Crippen molar-refractivity contribution in [3.63, 3.8) is 0 Å². The quantitative estimate of drug-likeness (QED) is 0.170. The molecule has 4 aromatic rings. The van der Waals surface area contributed by atoms with Gasteiger partial charge in [0.05, 0.1) is 28.0 Å². The number of nitrogens with zero attached hydrogens (tertiary/aromatic N) is 4. The summed E-state index contributed by atoms with van der Waals surface area (Å²) in [6.45, 7) is 3.56. The van der Waals surface area contributed by atoms with E-state index in [-0.39, 0.29) is 33.9 Å². The van der Waals surface area contributed by atoms with Crippen LogP contribution in [-0.4, -0.2) is 58.8 Å². The number of benzene rings is 3. The summed E-state index contributed by atoms with van der Waals surface area (Å²) in [5.41, 5.74) is 0.963. The summed E-state index contributed by atoms with van der Waals surface area (Å²) in [6, 6.07) is 18.8. The number of sulfonamides is 1. The topological polar surface area (TPSA) is 116 Å². The van der Waals surface area contributed by atoms with E-state index in [9.17, 15) is 13.2 Å². The lowest BCUT2D eigenvalue weighted by molar-refractivity contribution is -0.113. The van der Waals surface area contributed by atoms with Gasteiger partial charge in [0.1, 0.15) is 18.1 Å². The summed E-state index contributed by atoms with van der Waals surface area (Å²) in [5.74, 6) is 1.47. The van der Waals surface area contributed by atoms with Crippen LogP contribution in [0.3, 0.4) is 0 Å². The third-order valence-electron chi connectivity index (χ3n) is 6.78. The number of carbonyl (C=O) groups is 1. The number of thioether (sulfide) groups is 1. The first-order valence-electron chi connectivity index (χ1n) is 14.0. The fourth-order valence-electron chi connectivity index (χ4n) is 4.61. The number of aromatic nitrogens is 3. The van der Waals surface area contributed by atoms with E-state index in [1.165, 1.54) is 22.5 Å². The van der Waals surface area contributed by atoms with Crippen molar-refractivity contribution in [2.75, 3.05) is 30.8 Å². The molecule has 0 unspecified atom stereocenters. The number of nitrogens with one attached hydrogen (secondary N) is 1. The molecule has 14 heteroatoms. The predicted octanol–water partition coefficient (Wildman–Crippen LogP) is 6.46. The second-order valence-corrected chi connectivity index (χ2v) is 13.6. The average Bonchev–Trinajstić information content (AvgIpc) is 3.44. The Labute approximate surface area is 270 Å². The number of rotatable bonds is 12. The molecule has 1 amide bonds. The minimum atomic E-state index is -3.69. The Morgan fingerprint density at radius 3 is 2.30 bits per heavy atom. The highest BCUT2D eigenvalue weighted by molar-refractivity contribution is 7.99. The van der Waals surface area contributed by atoms with Crippen LogP contribution in [0.4, 0.5) is 5.69 Å².